The molecule has 2 atom stereocenters. The van der Waals surface area contributed by atoms with E-state index in [0.717, 1.165) is 51.3 Å². The van der Waals surface area contributed by atoms with Gasteiger partial charge in [0.05, 0.1) is 35.4 Å². The number of nitriles is 1. The number of carbonyl (C=O) groups is 4. The van der Waals surface area contributed by atoms with Crippen molar-refractivity contribution in [2.45, 2.75) is 92.1 Å². The number of benzene rings is 1. The Kier molecular flexibility index (Phi) is 15.3. The van der Waals surface area contributed by atoms with Gasteiger partial charge in [0.2, 0.25) is 11.8 Å². The van der Waals surface area contributed by atoms with E-state index in [2.05, 4.69) is 30.2 Å². The summed E-state index contributed by atoms with van der Waals surface area (Å²) in [6.07, 6.45) is 1.85. The number of nitrogens with zero attached hydrogens (tertiary/aromatic N) is 4. The number of pyridine rings is 1. The van der Waals surface area contributed by atoms with Gasteiger partial charge in [-0.25, -0.2) is 4.79 Å². The number of aromatic nitrogens is 1. The smallest absolute Gasteiger partial charge is 0.340 e. The Bertz CT molecular complexity index is 1700. The molecule has 1 saturated carbocycles. The minimum atomic E-state index is -0.876. The van der Waals surface area contributed by atoms with Crippen LogP contribution in [0.3, 0.4) is 0 Å². The van der Waals surface area contributed by atoms with Crippen LogP contribution in [0.15, 0.2) is 36.5 Å². The lowest BCUT2D eigenvalue weighted by Crippen LogP contribution is -2.70. The third kappa shape index (κ3) is 11.6. The number of esters is 1. The van der Waals surface area contributed by atoms with Crippen LogP contribution in [0.5, 0.6) is 5.75 Å². The number of aliphatic hydroxyl groups excluding tert-OH is 1. The molecule has 2 heterocycles. The van der Waals surface area contributed by atoms with E-state index < -0.39 is 40.5 Å². The van der Waals surface area contributed by atoms with Gasteiger partial charge in [0.1, 0.15) is 30.1 Å². The van der Waals surface area contributed by atoms with E-state index in [4.69, 9.17) is 21.1 Å². The highest BCUT2D eigenvalue weighted by atomic mass is 35.5. The van der Waals surface area contributed by atoms with E-state index in [1.807, 2.05) is 60.6 Å². The SMILES string of the molecule is CC1(C)C(OC(=O)c2ccc(CCCN3CCN(CC(=O)N[C@H](C(=O)NC[C@H](O)CCOC=O)C(C)(C)C)CC3)nc2)C(C)(C)C1Oc1ccc(C#N)c(Cl)c1. The number of nitrogens with one attached hydrogen (secondary N) is 2. The Labute approximate surface area is 335 Å². The van der Waals surface area contributed by atoms with Crippen LogP contribution in [0.4, 0.5) is 0 Å². The van der Waals surface area contributed by atoms with Gasteiger partial charge in [0.15, 0.2) is 0 Å². The van der Waals surface area contributed by atoms with Gasteiger partial charge in [-0.1, -0.05) is 60.1 Å². The largest absolute Gasteiger partial charge is 0.489 e. The van der Waals surface area contributed by atoms with Crippen LogP contribution in [-0.2, 0) is 30.3 Å². The van der Waals surface area contributed by atoms with Gasteiger partial charge >= 0.3 is 5.97 Å². The summed E-state index contributed by atoms with van der Waals surface area (Å²) in [4.78, 5) is 58.4. The summed E-state index contributed by atoms with van der Waals surface area (Å²) >= 11 is 6.21. The minimum Gasteiger partial charge on any atom is -0.489 e. The van der Waals surface area contributed by atoms with Crippen molar-refractivity contribution in [3.8, 4) is 11.8 Å². The summed E-state index contributed by atoms with van der Waals surface area (Å²) in [5.74, 6) is -0.507. The fraction of sp³-hybridized carbons (Fsp3) is 0.610. The maximum Gasteiger partial charge on any atom is 0.340 e. The van der Waals surface area contributed by atoms with Crippen molar-refractivity contribution in [1.82, 2.24) is 25.4 Å². The molecule has 1 aliphatic carbocycles. The Morgan fingerprint density at radius 3 is 2.34 bits per heavy atom. The lowest BCUT2D eigenvalue weighted by Gasteiger charge is -2.61. The zero-order chi connectivity index (χ0) is 41.3. The van der Waals surface area contributed by atoms with E-state index >= 15 is 0 Å². The second-order valence-corrected chi connectivity index (χ2v) is 17.4. The van der Waals surface area contributed by atoms with Gasteiger partial charge in [-0.15, -0.1) is 0 Å². The molecule has 1 aliphatic heterocycles. The Morgan fingerprint density at radius 1 is 1.07 bits per heavy atom. The number of aryl methyl sites for hydroxylation is 1. The summed E-state index contributed by atoms with van der Waals surface area (Å²) in [6, 6.07) is 9.86. The topological polar surface area (TPSA) is 183 Å². The molecule has 3 N–H and O–H groups in total. The molecule has 0 radical (unpaired) electrons. The molecule has 2 fully saturated rings. The molecule has 2 aromatic rings. The number of rotatable bonds is 18. The third-order valence-corrected chi connectivity index (χ3v) is 10.9. The van der Waals surface area contributed by atoms with E-state index in [1.165, 1.54) is 0 Å². The third-order valence-electron chi connectivity index (χ3n) is 10.6. The average Bonchev–Trinajstić information content (AvgIpc) is 3.14. The summed E-state index contributed by atoms with van der Waals surface area (Å²) in [5, 5.41) is 25.1. The van der Waals surface area contributed by atoms with Crippen molar-refractivity contribution in [3.63, 3.8) is 0 Å². The van der Waals surface area contributed by atoms with Crippen LogP contribution in [0, 0.1) is 27.6 Å². The lowest BCUT2D eigenvalue weighted by atomic mass is 9.51. The number of piperazine rings is 1. The molecule has 0 unspecified atom stereocenters. The first-order chi connectivity index (χ1) is 26.4. The number of halogens is 1. The highest BCUT2D eigenvalue weighted by molar-refractivity contribution is 6.31. The van der Waals surface area contributed by atoms with Gasteiger partial charge in [-0.3, -0.25) is 24.3 Å². The van der Waals surface area contributed by atoms with E-state index in [0.29, 0.717) is 28.4 Å². The second-order valence-electron chi connectivity index (χ2n) is 17.0. The summed E-state index contributed by atoms with van der Waals surface area (Å²) in [6.45, 7) is 18.1. The summed E-state index contributed by atoms with van der Waals surface area (Å²) in [7, 11) is 0. The Hall–Kier alpha value is -4.29. The maximum atomic E-state index is 13.2. The molecule has 1 aromatic carbocycles. The molecule has 1 aromatic heterocycles. The first-order valence-corrected chi connectivity index (χ1v) is 19.5. The minimum absolute atomic E-state index is 0.0165. The molecular formula is C41H57ClN6O8. The van der Waals surface area contributed by atoms with Crippen molar-refractivity contribution < 1.29 is 38.5 Å². The number of aliphatic hydroxyl groups is 1. The van der Waals surface area contributed by atoms with Crippen LogP contribution >= 0.6 is 11.6 Å². The van der Waals surface area contributed by atoms with Gasteiger partial charge in [-0.05, 0) is 49.1 Å². The van der Waals surface area contributed by atoms with Crippen molar-refractivity contribution in [1.29, 1.82) is 5.26 Å². The van der Waals surface area contributed by atoms with Gasteiger partial charge in [0.25, 0.3) is 6.47 Å². The standard InChI is InChI=1S/C41H57ClN6O8/c1-39(2,3)34(35(52)45-24-30(50)14-20-54-26-49)46-33(51)25-48-18-16-47(17-19-48)15-8-9-29-12-10-28(23-44-29)36(53)56-38-40(4,5)37(41(38,6)7)55-31-13-11-27(22-43)32(42)21-31/h10-13,21,23,26,30,34,37-38,50H,8-9,14-20,24-25H2,1-7H3,(H,45,52)(H,46,51)/t30-,34-,37?,38?/m1/s1. The maximum absolute atomic E-state index is 13.2. The summed E-state index contributed by atoms with van der Waals surface area (Å²) < 4.78 is 16.9. The highest BCUT2D eigenvalue weighted by Gasteiger charge is 2.66. The number of hydrogen-bond acceptors (Lipinski definition) is 12. The number of hydrogen-bond donors (Lipinski definition) is 3. The quantitative estimate of drug-likeness (QED) is 0.113. The van der Waals surface area contributed by atoms with E-state index in [-0.39, 0.29) is 44.0 Å². The number of carbonyl (C=O) groups excluding carboxylic acids is 4. The van der Waals surface area contributed by atoms with Crippen LogP contribution in [0.2, 0.25) is 5.02 Å². The molecule has 14 nitrogen and oxygen atoms in total. The van der Waals surface area contributed by atoms with E-state index in [9.17, 15) is 29.5 Å². The normalized spacial score (nSPS) is 20.4. The van der Waals surface area contributed by atoms with E-state index in [1.54, 1.807) is 30.5 Å². The van der Waals surface area contributed by atoms with Crippen LogP contribution in [-0.4, -0.2) is 121 Å². The zero-order valence-corrected chi connectivity index (χ0v) is 34.4. The lowest BCUT2D eigenvalue weighted by molar-refractivity contribution is -0.236. The first kappa shape index (κ1) is 44.4. The van der Waals surface area contributed by atoms with Crippen LogP contribution < -0.4 is 15.4 Å². The first-order valence-electron chi connectivity index (χ1n) is 19.1. The highest BCUT2D eigenvalue weighted by Crippen LogP contribution is 2.57. The molecule has 4 rings (SSSR count). The van der Waals surface area contributed by atoms with Crippen LogP contribution in [0.25, 0.3) is 0 Å². The molecule has 2 aliphatic rings. The Morgan fingerprint density at radius 2 is 1.75 bits per heavy atom. The predicted octanol–water partition coefficient (Wildman–Crippen LogP) is 3.77. The average molecular weight is 797 g/mol. The fourth-order valence-corrected chi connectivity index (χ4v) is 8.00. The monoisotopic (exact) mass is 796 g/mol. The zero-order valence-electron chi connectivity index (χ0n) is 33.6. The molecule has 1 saturated heterocycles. The predicted molar refractivity (Wildman–Crippen MR) is 210 cm³/mol. The molecule has 306 valence electrons. The molecule has 0 bridgehead atoms. The fourth-order valence-electron chi connectivity index (χ4n) is 7.78. The van der Waals surface area contributed by atoms with Gasteiger partial charge in [-0.2, -0.15) is 5.26 Å². The molecule has 2 amide bonds. The van der Waals surface area contributed by atoms with Crippen molar-refractivity contribution in [3.05, 3.63) is 58.4 Å². The molecule has 56 heavy (non-hydrogen) atoms. The molecule has 15 heteroatoms. The van der Waals surface area contributed by atoms with Gasteiger partial charge < -0.3 is 34.9 Å². The van der Waals surface area contributed by atoms with Crippen molar-refractivity contribution in [2.75, 3.05) is 52.4 Å². The van der Waals surface area contributed by atoms with Gasteiger partial charge in [0, 0.05) is 67.9 Å². The molecule has 0 spiro atoms. The number of amides is 2. The van der Waals surface area contributed by atoms with Crippen LogP contribution in [0.1, 0.15) is 82.9 Å². The van der Waals surface area contributed by atoms with Crippen molar-refractivity contribution in [2.24, 2.45) is 16.2 Å². The van der Waals surface area contributed by atoms with Crippen molar-refractivity contribution >= 4 is 35.9 Å². The Balaban J connectivity index is 1.16. The number of ether oxygens (including phenoxy) is 3. The second kappa shape index (κ2) is 19.2. The molecular weight excluding hydrogens is 740 g/mol. The summed E-state index contributed by atoms with van der Waals surface area (Å²) in [5.41, 5.74) is 0.117.